The van der Waals surface area contributed by atoms with Crippen molar-refractivity contribution in [3.8, 4) is 22.9 Å². The van der Waals surface area contributed by atoms with Crippen LogP contribution in [0.25, 0.3) is 5.69 Å². The number of benzene rings is 2. The predicted molar refractivity (Wildman–Crippen MR) is 157 cm³/mol. The molecule has 40 heavy (non-hydrogen) atoms. The highest BCUT2D eigenvalue weighted by atomic mass is 127. The summed E-state index contributed by atoms with van der Waals surface area (Å²) in [5.41, 5.74) is 6.41. The molecule has 0 aliphatic heterocycles. The van der Waals surface area contributed by atoms with Gasteiger partial charge in [-0.2, -0.15) is 5.10 Å². The maximum atomic E-state index is 12.5. The molecule has 10 nitrogen and oxygen atoms in total. The Morgan fingerprint density at radius 1 is 1.02 bits per heavy atom. The number of aromatic nitrogens is 1. The van der Waals surface area contributed by atoms with E-state index in [0.29, 0.717) is 38.7 Å². The molecule has 0 unspecified atom stereocenters. The summed E-state index contributed by atoms with van der Waals surface area (Å²) in [7, 11) is 0. The Morgan fingerprint density at radius 2 is 1.75 bits per heavy atom. The van der Waals surface area contributed by atoms with Crippen molar-refractivity contribution < 1.29 is 33.3 Å². The molecule has 1 amide bonds. The number of furan rings is 1. The summed E-state index contributed by atoms with van der Waals surface area (Å²) in [6.45, 7) is 5.96. The maximum absolute atomic E-state index is 12.5. The summed E-state index contributed by atoms with van der Waals surface area (Å²) in [5, 5.41) is 12.9. The quantitative estimate of drug-likeness (QED) is 0.117. The zero-order valence-corrected chi connectivity index (χ0v) is 24.3. The molecule has 4 aromatic rings. The number of nitrogens with zero attached hydrogens (tertiary/aromatic N) is 2. The van der Waals surface area contributed by atoms with E-state index in [4.69, 9.17) is 23.7 Å². The number of hydrazone groups is 1. The molecule has 0 saturated heterocycles. The lowest BCUT2D eigenvalue weighted by atomic mass is 10.2. The van der Waals surface area contributed by atoms with Crippen molar-refractivity contribution in [2.24, 2.45) is 5.10 Å². The number of aryl methyl sites for hydroxylation is 2. The average Bonchev–Trinajstić information content (AvgIpc) is 3.53. The van der Waals surface area contributed by atoms with Crippen LogP contribution in [0.5, 0.6) is 17.2 Å². The fraction of sp³-hybridized carbons (Fsp3) is 0.207. The molecule has 0 spiro atoms. The van der Waals surface area contributed by atoms with Gasteiger partial charge in [-0.15, -0.1) is 0 Å². The van der Waals surface area contributed by atoms with Gasteiger partial charge in [-0.1, -0.05) is 0 Å². The first kappa shape index (κ1) is 28.7. The molecule has 0 fully saturated rings. The van der Waals surface area contributed by atoms with E-state index >= 15 is 0 Å². The van der Waals surface area contributed by atoms with Crippen LogP contribution in [0.1, 0.15) is 40.2 Å². The smallest absolute Gasteiger partial charge is 0.341 e. The lowest BCUT2D eigenvalue weighted by Crippen LogP contribution is -2.17. The number of halogens is 1. The zero-order valence-electron chi connectivity index (χ0n) is 22.1. The van der Waals surface area contributed by atoms with Crippen LogP contribution in [0.2, 0.25) is 0 Å². The summed E-state index contributed by atoms with van der Waals surface area (Å²) < 4.78 is 25.2. The van der Waals surface area contributed by atoms with Gasteiger partial charge in [0.25, 0.3) is 0 Å². The number of carbonyl (C=O) groups is 2. The number of hydrogen-bond acceptors (Lipinski definition) is 7. The Balaban J connectivity index is 1.33. The molecule has 0 radical (unpaired) electrons. The van der Waals surface area contributed by atoms with Crippen molar-refractivity contribution >= 4 is 40.7 Å². The summed E-state index contributed by atoms with van der Waals surface area (Å²) in [6.07, 6.45) is 1.44. The van der Waals surface area contributed by atoms with E-state index in [2.05, 4.69) is 41.1 Å². The number of aliphatic carboxylic acids is 1. The van der Waals surface area contributed by atoms with Crippen molar-refractivity contribution in [2.45, 2.75) is 27.4 Å². The van der Waals surface area contributed by atoms with Gasteiger partial charge in [0.05, 0.1) is 16.4 Å². The SMILES string of the molecule is CCOc1cc(/C=N/NC(=O)c2ccc(COc3ccc(-n4c(C)ccc4C)cc3)o2)cc(I)c1OCC(=O)O. The number of carbonyl (C=O) groups excluding carboxylic acids is 1. The Hall–Kier alpha value is -4.26. The van der Waals surface area contributed by atoms with Crippen molar-refractivity contribution in [3.05, 3.63) is 92.7 Å². The van der Waals surface area contributed by atoms with Crippen LogP contribution in [0.15, 0.2) is 70.2 Å². The maximum Gasteiger partial charge on any atom is 0.341 e. The van der Waals surface area contributed by atoms with Gasteiger partial charge in [0.1, 0.15) is 18.1 Å². The monoisotopic (exact) mass is 657 g/mol. The van der Waals surface area contributed by atoms with E-state index in [9.17, 15) is 9.59 Å². The van der Waals surface area contributed by atoms with Crippen LogP contribution in [-0.4, -0.2) is 41.0 Å². The molecule has 2 heterocycles. The number of ether oxygens (including phenoxy) is 3. The molecule has 2 aromatic heterocycles. The summed E-state index contributed by atoms with van der Waals surface area (Å²) >= 11 is 2.02. The second kappa shape index (κ2) is 13.2. The van der Waals surface area contributed by atoms with Crippen LogP contribution < -0.4 is 19.6 Å². The van der Waals surface area contributed by atoms with E-state index in [-0.39, 0.29) is 12.4 Å². The summed E-state index contributed by atoms with van der Waals surface area (Å²) in [5.74, 6) is 0.354. The minimum Gasteiger partial charge on any atom is -0.490 e. The Bertz CT molecular complexity index is 1500. The third-order valence-corrected chi connectivity index (χ3v) is 6.49. The van der Waals surface area contributed by atoms with Gasteiger partial charge in [0.15, 0.2) is 23.9 Å². The largest absolute Gasteiger partial charge is 0.490 e. The van der Waals surface area contributed by atoms with E-state index in [1.165, 1.54) is 6.21 Å². The average molecular weight is 657 g/mol. The minimum absolute atomic E-state index is 0.0895. The van der Waals surface area contributed by atoms with Crippen molar-refractivity contribution in [2.75, 3.05) is 13.2 Å². The highest BCUT2D eigenvalue weighted by Crippen LogP contribution is 2.34. The van der Waals surface area contributed by atoms with Gasteiger partial charge in [-0.05, 0) is 110 Å². The standard InChI is InChI=1S/C29H28IN3O7/c1-4-37-26-14-20(13-24(30)28(26)39-17-27(34)35)15-31-32-29(36)25-12-11-23(40-25)16-38-22-9-7-21(8-10-22)33-18(2)5-6-19(33)3/h5-15H,4,16-17H2,1-3H3,(H,32,36)(H,34,35)/b31-15+. The van der Waals surface area contributed by atoms with Crippen molar-refractivity contribution in [1.82, 2.24) is 9.99 Å². The first-order valence-corrected chi connectivity index (χ1v) is 13.4. The molecule has 0 saturated carbocycles. The summed E-state index contributed by atoms with van der Waals surface area (Å²) in [6, 6.07) is 18.5. The third kappa shape index (κ3) is 7.23. The molecule has 208 valence electrons. The minimum atomic E-state index is -1.09. The molecule has 0 atom stereocenters. The molecule has 11 heteroatoms. The van der Waals surface area contributed by atoms with E-state index in [1.54, 1.807) is 31.2 Å². The molecular weight excluding hydrogens is 629 g/mol. The normalized spacial score (nSPS) is 11.0. The van der Waals surface area contributed by atoms with Crippen molar-refractivity contribution in [3.63, 3.8) is 0 Å². The zero-order chi connectivity index (χ0) is 28.6. The van der Waals surface area contributed by atoms with Gasteiger partial charge in [-0.25, -0.2) is 10.2 Å². The molecule has 4 rings (SSSR count). The number of amides is 1. The van der Waals surface area contributed by atoms with E-state index in [1.807, 2.05) is 46.9 Å². The molecule has 2 N–H and O–H groups in total. The molecule has 0 bridgehead atoms. The highest BCUT2D eigenvalue weighted by Gasteiger charge is 2.14. The first-order chi connectivity index (χ1) is 19.2. The predicted octanol–water partition coefficient (Wildman–Crippen LogP) is 5.50. The topological polar surface area (TPSA) is 125 Å². The van der Waals surface area contributed by atoms with Crippen LogP contribution in [0, 0.1) is 17.4 Å². The molecule has 0 aliphatic carbocycles. The second-order valence-corrected chi connectivity index (χ2v) is 9.81. The van der Waals surface area contributed by atoms with Crippen LogP contribution in [0.4, 0.5) is 0 Å². The number of rotatable bonds is 12. The Labute approximate surface area is 244 Å². The fourth-order valence-corrected chi connectivity index (χ4v) is 4.70. The fourth-order valence-electron chi connectivity index (χ4n) is 3.92. The number of carboxylic acids is 1. The molecular formula is C29H28IN3O7. The Morgan fingerprint density at radius 3 is 2.42 bits per heavy atom. The third-order valence-electron chi connectivity index (χ3n) is 5.68. The van der Waals surface area contributed by atoms with Gasteiger partial charge in [0, 0.05) is 17.1 Å². The van der Waals surface area contributed by atoms with Crippen molar-refractivity contribution in [1.29, 1.82) is 0 Å². The number of nitrogens with one attached hydrogen (secondary N) is 1. The summed E-state index contributed by atoms with van der Waals surface area (Å²) in [4.78, 5) is 23.4. The van der Waals surface area contributed by atoms with Crippen LogP contribution in [0.3, 0.4) is 0 Å². The highest BCUT2D eigenvalue weighted by molar-refractivity contribution is 14.1. The van der Waals surface area contributed by atoms with Gasteiger partial charge < -0.3 is 28.3 Å². The van der Waals surface area contributed by atoms with Gasteiger partial charge in [-0.3, -0.25) is 4.79 Å². The Kier molecular flexibility index (Phi) is 9.48. The van der Waals surface area contributed by atoms with Gasteiger partial charge >= 0.3 is 11.9 Å². The first-order valence-electron chi connectivity index (χ1n) is 12.4. The van der Waals surface area contributed by atoms with Crippen LogP contribution in [-0.2, 0) is 11.4 Å². The number of hydrogen-bond donors (Lipinski definition) is 2. The van der Waals surface area contributed by atoms with Crippen LogP contribution >= 0.6 is 22.6 Å². The second-order valence-electron chi connectivity index (χ2n) is 8.64. The molecule has 0 aliphatic rings. The lowest BCUT2D eigenvalue weighted by Gasteiger charge is -2.13. The number of carboxylic acid groups (broad SMARTS) is 1. The van der Waals surface area contributed by atoms with E-state index < -0.39 is 18.5 Å². The molecule has 2 aromatic carbocycles. The lowest BCUT2D eigenvalue weighted by molar-refractivity contribution is -0.139. The van der Waals surface area contributed by atoms with Gasteiger partial charge in [0.2, 0.25) is 0 Å². The van der Waals surface area contributed by atoms with E-state index in [0.717, 1.165) is 17.1 Å².